The van der Waals surface area contributed by atoms with E-state index in [4.69, 9.17) is 4.74 Å². The Labute approximate surface area is 202 Å². The molecule has 3 aromatic carbocycles. The van der Waals surface area contributed by atoms with Gasteiger partial charge in [0.1, 0.15) is 6.61 Å². The fourth-order valence-electron chi connectivity index (χ4n) is 5.63. The first-order valence-electron chi connectivity index (χ1n) is 11.7. The molecule has 3 aliphatic rings. The minimum absolute atomic E-state index is 0.0334. The summed E-state index contributed by atoms with van der Waals surface area (Å²) in [6.45, 7) is 0.885. The number of carboxylic acid groups (broad SMARTS) is 1. The number of amides is 2. The zero-order valence-corrected chi connectivity index (χ0v) is 18.9. The van der Waals surface area contributed by atoms with Crippen LogP contribution < -0.4 is 5.32 Å². The highest BCUT2D eigenvalue weighted by molar-refractivity contribution is 5.97. The van der Waals surface area contributed by atoms with Crippen LogP contribution >= 0.6 is 0 Å². The van der Waals surface area contributed by atoms with Gasteiger partial charge < -0.3 is 14.7 Å². The van der Waals surface area contributed by atoms with Gasteiger partial charge in [-0.25, -0.2) is 4.79 Å². The van der Waals surface area contributed by atoms with Gasteiger partial charge in [-0.15, -0.1) is 0 Å². The van der Waals surface area contributed by atoms with Crippen molar-refractivity contribution in [2.75, 3.05) is 25.0 Å². The largest absolute Gasteiger partial charge is 0.481 e. The molecule has 7 heteroatoms. The summed E-state index contributed by atoms with van der Waals surface area (Å²) in [4.78, 5) is 38.7. The Hall–Kier alpha value is -4.13. The number of nitrogens with zero attached hydrogens (tertiary/aromatic N) is 1. The highest BCUT2D eigenvalue weighted by atomic mass is 16.5. The van der Waals surface area contributed by atoms with Gasteiger partial charge in [-0.3, -0.25) is 14.9 Å². The van der Waals surface area contributed by atoms with Crippen LogP contribution in [0.1, 0.15) is 33.8 Å². The monoisotopic (exact) mass is 468 g/mol. The van der Waals surface area contributed by atoms with Gasteiger partial charge in [-0.1, -0.05) is 54.6 Å². The summed E-state index contributed by atoms with van der Waals surface area (Å²) < 4.78 is 5.59. The molecule has 2 unspecified atom stereocenters. The lowest BCUT2D eigenvalue weighted by atomic mass is 9.98. The number of likely N-dealkylation sites (tertiary alicyclic amines) is 1. The summed E-state index contributed by atoms with van der Waals surface area (Å²) >= 11 is 0. The van der Waals surface area contributed by atoms with Crippen LogP contribution in [0.15, 0.2) is 72.8 Å². The molecule has 6 rings (SSSR count). The summed E-state index contributed by atoms with van der Waals surface area (Å²) in [5.41, 5.74) is 4.68. The van der Waals surface area contributed by atoms with E-state index in [0.29, 0.717) is 24.2 Å². The molecule has 0 bridgehead atoms. The van der Waals surface area contributed by atoms with Crippen molar-refractivity contribution in [1.29, 1.82) is 0 Å². The second kappa shape index (κ2) is 7.98. The van der Waals surface area contributed by atoms with Crippen molar-refractivity contribution < 1.29 is 24.2 Å². The van der Waals surface area contributed by atoms with Crippen LogP contribution in [-0.2, 0) is 9.53 Å². The molecule has 2 fully saturated rings. The average Bonchev–Trinajstić information content (AvgIpc) is 3.30. The molecule has 1 saturated carbocycles. The Morgan fingerprint density at radius 3 is 2.31 bits per heavy atom. The molecule has 2 N–H and O–H groups in total. The van der Waals surface area contributed by atoms with Gasteiger partial charge in [0.15, 0.2) is 0 Å². The molecule has 0 radical (unpaired) electrons. The van der Waals surface area contributed by atoms with Crippen LogP contribution in [0.2, 0.25) is 0 Å². The molecule has 35 heavy (non-hydrogen) atoms. The first kappa shape index (κ1) is 21.4. The van der Waals surface area contributed by atoms with Crippen LogP contribution in [0.4, 0.5) is 10.5 Å². The number of anilines is 1. The molecule has 2 atom stereocenters. The lowest BCUT2D eigenvalue weighted by molar-refractivity contribution is -0.143. The van der Waals surface area contributed by atoms with Crippen molar-refractivity contribution in [3.63, 3.8) is 0 Å². The number of hydrogen-bond donors (Lipinski definition) is 2. The van der Waals surface area contributed by atoms with Crippen LogP contribution in [-0.4, -0.2) is 47.7 Å². The number of ether oxygens (including phenoxy) is 1. The maximum absolute atomic E-state index is 12.9. The van der Waals surface area contributed by atoms with Crippen LogP contribution in [0, 0.1) is 11.3 Å². The number of carbonyl (C=O) groups is 3. The predicted molar refractivity (Wildman–Crippen MR) is 129 cm³/mol. The second-order valence-corrected chi connectivity index (χ2v) is 9.58. The number of aliphatic carboxylic acids is 1. The lowest BCUT2D eigenvalue weighted by Crippen LogP contribution is -2.33. The Morgan fingerprint density at radius 1 is 0.971 bits per heavy atom. The number of fused-ring (bicyclic) bond motifs is 4. The predicted octanol–water partition coefficient (Wildman–Crippen LogP) is 4.59. The first-order chi connectivity index (χ1) is 17.0. The standard InChI is InChI=1S/C28H24N2O5/c31-25(30-14-18-13-28(18,16-30)26(32)33)17-6-5-7-19(12-17)29-27(34)35-15-24-22-10-3-1-8-20(22)21-9-2-4-11-23(21)24/h1-12,18,24H,13-16H2,(H,29,34)(H,32,33). The van der Waals surface area contributed by atoms with Crippen molar-refractivity contribution in [2.24, 2.45) is 11.3 Å². The first-order valence-corrected chi connectivity index (χ1v) is 11.7. The number of hydrogen-bond acceptors (Lipinski definition) is 4. The molecule has 0 spiro atoms. The van der Waals surface area contributed by atoms with Gasteiger partial charge in [0.05, 0.1) is 5.41 Å². The molecule has 0 aromatic heterocycles. The summed E-state index contributed by atoms with van der Waals surface area (Å²) in [6, 6.07) is 22.9. The van der Waals surface area contributed by atoms with Gasteiger partial charge in [0, 0.05) is 30.3 Å². The number of rotatable bonds is 5. The van der Waals surface area contributed by atoms with Gasteiger partial charge in [0.25, 0.3) is 5.91 Å². The summed E-state index contributed by atoms with van der Waals surface area (Å²) in [7, 11) is 0. The molecule has 1 saturated heterocycles. The van der Waals surface area contributed by atoms with E-state index in [0.717, 1.165) is 22.3 Å². The summed E-state index contributed by atoms with van der Waals surface area (Å²) in [6.07, 6.45) is 0.0406. The number of carboxylic acids is 1. The zero-order chi connectivity index (χ0) is 24.2. The molecule has 176 valence electrons. The van der Waals surface area contributed by atoms with Gasteiger partial charge in [-0.05, 0) is 52.8 Å². The highest BCUT2D eigenvalue weighted by Crippen LogP contribution is 2.58. The Morgan fingerprint density at radius 2 is 1.66 bits per heavy atom. The van der Waals surface area contributed by atoms with E-state index in [1.165, 1.54) is 0 Å². The second-order valence-electron chi connectivity index (χ2n) is 9.58. The van der Waals surface area contributed by atoms with Crippen molar-refractivity contribution in [2.45, 2.75) is 12.3 Å². The van der Waals surface area contributed by atoms with Crippen LogP contribution in [0.25, 0.3) is 11.1 Å². The Balaban J connectivity index is 1.11. The Bertz CT molecular complexity index is 1320. The topological polar surface area (TPSA) is 95.9 Å². The fraction of sp³-hybridized carbons (Fsp3) is 0.250. The van der Waals surface area contributed by atoms with E-state index in [1.54, 1.807) is 29.2 Å². The van der Waals surface area contributed by atoms with Crippen molar-refractivity contribution >= 4 is 23.7 Å². The van der Waals surface area contributed by atoms with Crippen molar-refractivity contribution in [3.05, 3.63) is 89.5 Å². The minimum atomic E-state index is -0.830. The van der Waals surface area contributed by atoms with E-state index in [2.05, 4.69) is 29.6 Å². The third-order valence-corrected chi connectivity index (χ3v) is 7.56. The maximum Gasteiger partial charge on any atom is 0.411 e. The number of benzene rings is 3. The Kier molecular flexibility index (Phi) is 4.88. The molecule has 7 nitrogen and oxygen atoms in total. The summed E-state index contributed by atoms with van der Waals surface area (Å²) in [5, 5.41) is 12.2. The van der Waals surface area contributed by atoms with Crippen LogP contribution in [0.5, 0.6) is 0 Å². The SMILES string of the molecule is O=C(Nc1cccc(C(=O)N2CC3CC3(C(=O)O)C2)c1)OCC1c2ccccc2-c2ccccc21. The third-order valence-electron chi connectivity index (χ3n) is 7.56. The normalized spacial score (nSPS) is 21.6. The maximum atomic E-state index is 12.9. The van der Waals surface area contributed by atoms with E-state index < -0.39 is 17.5 Å². The molecule has 1 aliphatic heterocycles. The van der Waals surface area contributed by atoms with E-state index in [9.17, 15) is 19.5 Å². The minimum Gasteiger partial charge on any atom is -0.481 e. The van der Waals surface area contributed by atoms with Gasteiger partial charge >= 0.3 is 12.1 Å². The molecule has 2 amide bonds. The summed E-state index contributed by atoms with van der Waals surface area (Å²) in [5.74, 6) is -1.06. The quantitative estimate of drug-likeness (QED) is 0.571. The third kappa shape index (κ3) is 3.55. The molecule has 3 aromatic rings. The number of nitrogens with one attached hydrogen (secondary N) is 1. The molecule has 2 aliphatic carbocycles. The van der Waals surface area contributed by atoms with Crippen molar-refractivity contribution in [1.82, 2.24) is 4.90 Å². The zero-order valence-electron chi connectivity index (χ0n) is 18.9. The lowest BCUT2D eigenvalue weighted by Gasteiger charge is -2.20. The van der Waals surface area contributed by atoms with Crippen LogP contribution in [0.3, 0.4) is 0 Å². The molecule has 1 heterocycles. The highest BCUT2D eigenvalue weighted by Gasteiger charge is 2.66. The van der Waals surface area contributed by atoms with E-state index >= 15 is 0 Å². The number of carbonyl (C=O) groups excluding carboxylic acids is 2. The van der Waals surface area contributed by atoms with E-state index in [1.807, 2.05) is 24.3 Å². The molecular weight excluding hydrogens is 444 g/mol. The number of piperidine rings is 1. The van der Waals surface area contributed by atoms with Gasteiger partial charge in [-0.2, -0.15) is 0 Å². The smallest absolute Gasteiger partial charge is 0.411 e. The van der Waals surface area contributed by atoms with Gasteiger partial charge in [0.2, 0.25) is 0 Å². The van der Waals surface area contributed by atoms with E-state index in [-0.39, 0.29) is 30.9 Å². The van der Waals surface area contributed by atoms with Crippen molar-refractivity contribution in [3.8, 4) is 11.1 Å². The average molecular weight is 469 g/mol. The fourth-order valence-corrected chi connectivity index (χ4v) is 5.63. The molecular formula is C28H24N2O5.